The third-order valence-corrected chi connectivity index (χ3v) is 6.22. The summed E-state index contributed by atoms with van der Waals surface area (Å²) in [5.41, 5.74) is 2.22. The first kappa shape index (κ1) is 20.2. The van der Waals surface area contributed by atoms with E-state index < -0.39 is 16.1 Å². The van der Waals surface area contributed by atoms with Crippen LogP contribution in [-0.2, 0) is 10.0 Å². The van der Waals surface area contributed by atoms with Crippen molar-refractivity contribution in [1.29, 1.82) is 0 Å². The minimum atomic E-state index is -3.70. The quantitative estimate of drug-likeness (QED) is 0.800. The molecule has 1 unspecified atom stereocenters. The van der Waals surface area contributed by atoms with E-state index >= 15 is 0 Å². The number of benzene rings is 2. The van der Waals surface area contributed by atoms with E-state index in [2.05, 4.69) is 0 Å². The van der Waals surface area contributed by atoms with Crippen molar-refractivity contribution in [3.05, 3.63) is 53.1 Å². The van der Waals surface area contributed by atoms with Gasteiger partial charge in [-0.05, 0) is 43.2 Å². The SMILES string of the molecule is COc1ccc(C(O)CN(C)S(=O)(=O)c2ccc(C)cc2C)cc1OC. The van der Waals surface area contributed by atoms with Gasteiger partial charge in [-0.15, -0.1) is 0 Å². The van der Waals surface area contributed by atoms with E-state index in [0.29, 0.717) is 22.6 Å². The highest BCUT2D eigenvalue weighted by Gasteiger charge is 2.25. The molecule has 0 aliphatic rings. The number of hydrogen-bond acceptors (Lipinski definition) is 5. The number of rotatable bonds is 7. The van der Waals surface area contributed by atoms with Crippen molar-refractivity contribution < 1.29 is 23.0 Å². The fourth-order valence-electron chi connectivity index (χ4n) is 2.76. The van der Waals surface area contributed by atoms with Gasteiger partial charge in [-0.3, -0.25) is 0 Å². The van der Waals surface area contributed by atoms with Crippen molar-refractivity contribution >= 4 is 10.0 Å². The van der Waals surface area contributed by atoms with Crippen LogP contribution in [0.2, 0.25) is 0 Å². The molecule has 0 aromatic heterocycles. The molecule has 2 aromatic rings. The molecule has 2 aromatic carbocycles. The average Bonchev–Trinajstić information content (AvgIpc) is 2.60. The van der Waals surface area contributed by atoms with E-state index in [4.69, 9.17) is 9.47 Å². The number of hydrogen-bond donors (Lipinski definition) is 1. The van der Waals surface area contributed by atoms with E-state index in [-0.39, 0.29) is 11.4 Å². The molecule has 0 saturated carbocycles. The predicted molar refractivity (Wildman–Crippen MR) is 100 cm³/mol. The molecule has 142 valence electrons. The van der Waals surface area contributed by atoms with Crippen molar-refractivity contribution in [3.8, 4) is 11.5 Å². The van der Waals surface area contributed by atoms with E-state index in [1.54, 1.807) is 37.3 Å². The van der Waals surface area contributed by atoms with Crippen LogP contribution < -0.4 is 9.47 Å². The molecule has 2 rings (SSSR count). The summed E-state index contributed by atoms with van der Waals surface area (Å²) >= 11 is 0. The largest absolute Gasteiger partial charge is 0.493 e. The van der Waals surface area contributed by atoms with Crippen LogP contribution >= 0.6 is 0 Å². The Morgan fingerprint density at radius 2 is 1.69 bits per heavy atom. The van der Waals surface area contributed by atoms with Crippen LogP contribution in [0.5, 0.6) is 11.5 Å². The van der Waals surface area contributed by atoms with Gasteiger partial charge in [0.1, 0.15) is 0 Å². The molecule has 0 saturated heterocycles. The minimum absolute atomic E-state index is 0.0782. The van der Waals surface area contributed by atoms with Gasteiger partial charge in [0, 0.05) is 13.6 Å². The lowest BCUT2D eigenvalue weighted by Gasteiger charge is -2.22. The monoisotopic (exact) mass is 379 g/mol. The Kier molecular flexibility index (Phi) is 6.28. The smallest absolute Gasteiger partial charge is 0.243 e. The number of aliphatic hydroxyl groups excluding tert-OH is 1. The average molecular weight is 379 g/mol. The number of nitrogens with zero attached hydrogens (tertiary/aromatic N) is 1. The molecule has 0 spiro atoms. The van der Waals surface area contributed by atoms with Gasteiger partial charge in [0.05, 0.1) is 25.2 Å². The van der Waals surface area contributed by atoms with Crippen molar-refractivity contribution in [1.82, 2.24) is 4.31 Å². The molecule has 7 heteroatoms. The number of methoxy groups -OCH3 is 2. The van der Waals surface area contributed by atoms with E-state index in [1.807, 2.05) is 13.0 Å². The Hall–Kier alpha value is -2.09. The molecule has 0 fully saturated rings. The standard InChI is InChI=1S/C19H25NO5S/c1-13-6-9-19(14(2)10-13)26(22,23)20(3)12-16(21)15-7-8-17(24-4)18(11-15)25-5/h6-11,16,21H,12H2,1-5H3. The summed E-state index contributed by atoms with van der Waals surface area (Å²) in [5, 5.41) is 10.5. The lowest BCUT2D eigenvalue weighted by Crippen LogP contribution is -2.31. The minimum Gasteiger partial charge on any atom is -0.493 e. The topological polar surface area (TPSA) is 76.1 Å². The maximum atomic E-state index is 12.8. The van der Waals surface area contributed by atoms with Gasteiger partial charge in [0.15, 0.2) is 11.5 Å². The molecule has 0 radical (unpaired) electrons. The number of likely N-dealkylation sites (N-methyl/N-ethyl adjacent to an activating group) is 1. The zero-order valence-electron chi connectivity index (χ0n) is 15.7. The van der Waals surface area contributed by atoms with Gasteiger partial charge in [0.25, 0.3) is 0 Å². The molecule has 0 aliphatic heterocycles. The van der Waals surface area contributed by atoms with Crippen LogP contribution in [0.3, 0.4) is 0 Å². The number of ether oxygens (including phenoxy) is 2. The van der Waals surface area contributed by atoms with E-state index in [1.165, 1.54) is 21.3 Å². The molecule has 0 amide bonds. The molecular formula is C19H25NO5S. The summed E-state index contributed by atoms with van der Waals surface area (Å²) in [6.45, 7) is 3.59. The van der Waals surface area contributed by atoms with Crippen LogP contribution in [-0.4, -0.2) is 45.6 Å². The Morgan fingerprint density at radius 1 is 1.04 bits per heavy atom. The van der Waals surface area contributed by atoms with Crippen molar-refractivity contribution in [3.63, 3.8) is 0 Å². The summed E-state index contributed by atoms with van der Waals surface area (Å²) in [4.78, 5) is 0.241. The van der Waals surface area contributed by atoms with Crippen LogP contribution in [0.25, 0.3) is 0 Å². The van der Waals surface area contributed by atoms with Gasteiger partial charge < -0.3 is 14.6 Å². The number of aryl methyl sites for hydroxylation is 2. The zero-order valence-corrected chi connectivity index (χ0v) is 16.5. The summed E-state index contributed by atoms with van der Waals surface area (Å²) < 4.78 is 37.2. The highest BCUT2D eigenvalue weighted by molar-refractivity contribution is 7.89. The Balaban J connectivity index is 2.24. The predicted octanol–water partition coefficient (Wildman–Crippen LogP) is 2.67. The van der Waals surface area contributed by atoms with Crippen molar-refractivity contribution in [2.45, 2.75) is 24.8 Å². The normalized spacial score (nSPS) is 12.9. The molecular weight excluding hydrogens is 354 g/mol. The molecule has 26 heavy (non-hydrogen) atoms. The third kappa shape index (κ3) is 4.17. The third-order valence-electron chi connectivity index (χ3n) is 4.24. The maximum Gasteiger partial charge on any atom is 0.243 e. The Bertz CT molecular complexity index is 879. The molecule has 1 atom stereocenters. The van der Waals surface area contributed by atoms with Gasteiger partial charge in [-0.25, -0.2) is 8.42 Å². The second-order valence-corrected chi connectivity index (χ2v) is 8.20. The fraction of sp³-hybridized carbons (Fsp3) is 0.368. The van der Waals surface area contributed by atoms with Crippen LogP contribution in [0.15, 0.2) is 41.3 Å². The first-order valence-corrected chi connectivity index (χ1v) is 9.58. The summed E-state index contributed by atoms with van der Waals surface area (Å²) in [7, 11) is 0.787. The second kappa shape index (κ2) is 8.07. The van der Waals surface area contributed by atoms with Crippen LogP contribution in [0.4, 0.5) is 0 Å². The van der Waals surface area contributed by atoms with Crippen LogP contribution in [0.1, 0.15) is 22.8 Å². The highest BCUT2D eigenvalue weighted by Crippen LogP contribution is 2.30. The van der Waals surface area contributed by atoms with E-state index in [0.717, 1.165) is 9.87 Å². The lowest BCUT2D eigenvalue weighted by molar-refractivity contribution is 0.154. The van der Waals surface area contributed by atoms with Gasteiger partial charge >= 0.3 is 0 Å². The van der Waals surface area contributed by atoms with Gasteiger partial charge in [-0.1, -0.05) is 23.8 Å². The molecule has 0 heterocycles. The second-order valence-electron chi connectivity index (χ2n) is 6.18. The zero-order chi connectivity index (χ0) is 19.5. The first-order chi connectivity index (χ1) is 12.2. The van der Waals surface area contributed by atoms with E-state index in [9.17, 15) is 13.5 Å². The van der Waals surface area contributed by atoms with Gasteiger partial charge in [0.2, 0.25) is 10.0 Å². The Labute approximate surface area is 155 Å². The lowest BCUT2D eigenvalue weighted by atomic mass is 10.1. The Morgan fingerprint density at radius 3 is 2.27 bits per heavy atom. The van der Waals surface area contributed by atoms with Crippen molar-refractivity contribution in [2.24, 2.45) is 0 Å². The van der Waals surface area contributed by atoms with Crippen molar-refractivity contribution in [2.75, 3.05) is 27.8 Å². The summed E-state index contributed by atoms with van der Waals surface area (Å²) in [6.07, 6.45) is -1.000. The number of aliphatic hydroxyl groups is 1. The molecule has 1 N–H and O–H groups in total. The maximum absolute atomic E-state index is 12.8. The fourth-order valence-corrected chi connectivity index (χ4v) is 4.14. The highest BCUT2D eigenvalue weighted by atomic mass is 32.2. The molecule has 0 aliphatic carbocycles. The molecule has 6 nitrogen and oxygen atoms in total. The van der Waals surface area contributed by atoms with Crippen LogP contribution in [0, 0.1) is 13.8 Å². The summed E-state index contributed by atoms with van der Waals surface area (Å²) in [6, 6.07) is 10.2. The van der Waals surface area contributed by atoms with Gasteiger partial charge in [-0.2, -0.15) is 4.31 Å². The first-order valence-electron chi connectivity index (χ1n) is 8.14. The summed E-state index contributed by atoms with van der Waals surface area (Å²) in [5.74, 6) is 1.02. The molecule has 0 bridgehead atoms. The number of sulfonamides is 1.